The number of carbonyl (C=O) groups excluding carboxylic acids is 3. The summed E-state index contributed by atoms with van der Waals surface area (Å²) in [4.78, 5) is 42.5. The molecule has 0 unspecified atom stereocenters. The average molecular weight is 574 g/mol. The van der Waals surface area contributed by atoms with Crippen LogP contribution in [0.1, 0.15) is 53.0 Å². The highest BCUT2D eigenvalue weighted by atomic mass is 32.2. The third-order valence-corrected chi connectivity index (χ3v) is 7.64. The molecule has 2 aromatic carbocycles. The van der Waals surface area contributed by atoms with E-state index in [9.17, 15) is 14.4 Å². The van der Waals surface area contributed by atoms with Crippen molar-refractivity contribution in [3.05, 3.63) is 48.0 Å². The van der Waals surface area contributed by atoms with Crippen LogP contribution in [0, 0.1) is 5.92 Å². The van der Waals surface area contributed by atoms with Gasteiger partial charge in [-0.05, 0) is 61.5 Å². The first kappa shape index (κ1) is 33.4. The van der Waals surface area contributed by atoms with Crippen molar-refractivity contribution in [2.24, 2.45) is 5.92 Å². The Bertz CT molecular complexity index is 1110. The van der Waals surface area contributed by atoms with Gasteiger partial charge in [0.15, 0.2) is 0 Å². The molecule has 0 bridgehead atoms. The number of hydrogen-bond donors (Lipinski definition) is 1. The van der Waals surface area contributed by atoms with Gasteiger partial charge < -0.3 is 19.7 Å². The maximum absolute atomic E-state index is 13.3. The van der Waals surface area contributed by atoms with Gasteiger partial charge in [0.1, 0.15) is 11.6 Å². The summed E-state index contributed by atoms with van der Waals surface area (Å²) in [5.74, 6) is 0.154. The number of thioether (sulfide) groups is 1. The predicted molar refractivity (Wildman–Crippen MR) is 163 cm³/mol. The topological polar surface area (TPSA) is 88.2 Å². The molecule has 0 saturated carbocycles. The summed E-state index contributed by atoms with van der Waals surface area (Å²) in [5, 5.41) is 5.12. The molecule has 0 fully saturated rings. The van der Waals surface area contributed by atoms with E-state index in [-0.39, 0.29) is 24.4 Å². The number of nitrogens with one attached hydrogen (secondary N) is 1. The maximum atomic E-state index is 13.3. The quantitative estimate of drug-likeness (QED) is 0.306. The second-order valence-corrected chi connectivity index (χ2v) is 12.3. The van der Waals surface area contributed by atoms with E-state index in [0.717, 1.165) is 28.5 Å². The van der Waals surface area contributed by atoms with Crippen molar-refractivity contribution in [2.75, 3.05) is 39.3 Å². The Morgan fingerprint density at radius 1 is 1.07 bits per heavy atom. The van der Waals surface area contributed by atoms with E-state index < -0.39 is 23.7 Å². The van der Waals surface area contributed by atoms with Gasteiger partial charge in [-0.25, -0.2) is 9.59 Å². The van der Waals surface area contributed by atoms with Gasteiger partial charge >= 0.3 is 12.1 Å². The van der Waals surface area contributed by atoms with Crippen LogP contribution in [0.5, 0.6) is 0 Å². The summed E-state index contributed by atoms with van der Waals surface area (Å²) < 4.78 is 10.6. The molecule has 0 aromatic heterocycles. The molecule has 0 radical (unpaired) electrons. The minimum absolute atomic E-state index is 0.0606. The standard InChI is InChI=1S/C31H47N3O5S/c1-9-22(2)27(33(6)30(37)39-31(3,4)5)20-34(19-24-15-12-14-23-13-10-11-16-25(23)24)21-28(35)32-26(17-18-40-8)29(36)38-7/h10-16,22,26-27H,9,17-21H2,1-8H3,(H,32,35)/t22-,26-,27+/m0/s1. The number of benzene rings is 2. The molecule has 0 aliphatic carbocycles. The van der Waals surface area contributed by atoms with Crippen LogP contribution in [0.3, 0.4) is 0 Å². The monoisotopic (exact) mass is 573 g/mol. The molecule has 2 rings (SSSR count). The summed E-state index contributed by atoms with van der Waals surface area (Å²) in [6.07, 6.45) is 2.90. The van der Waals surface area contributed by atoms with E-state index in [4.69, 9.17) is 9.47 Å². The number of nitrogens with zero attached hydrogens (tertiary/aromatic N) is 2. The third kappa shape index (κ3) is 10.3. The summed E-state index contributed by atoms with van der Waals surface area (Å²) in [5.41, 5.74) is 0.466. The Hall–Kier alpha value is -2.78. The molecule has 222 valence electrons. The zero-order valence-corrected chi connectivity index (χ0v) is 26.2. The molecule has 2 aromatic rings. The van der Waals surface area contributed by atoms with Gasteiger partial charge in [-0.3, -0.25) is 9.69 Å². The number of esters is 1. The summed E-state index contributed by atoms with van der Waals surface area (Å²) in [6, 6.07) is 13.4. The Balaban J connectivity index is 2.38. The van der Waals surface area contributed by atoms with Crippen molar-refractivity contribution in [3.63, 3.8) is 0 Å². The van der Waals surface area contributed by atoms with Gasteiger partial charge in [0, 0.05) is 26.2 Å². The second kappa shape index (κ2) is 15.9. The third-order valence-electron chi connectivity index (χ3n) is 7.00. The van der Waals surface area contributed by atoms with Crippen molar-refractivity contribution >= 4 is 40.5 Å². The van der Waals surface area contributed by atoms with Crippen molar-refractivity contribution in [1.29, 1.82) is 0 Å². The van der Waals surface area contributed by atoms with E-state index in [1.165, 1.54) is 7.11 Å². The van der Waals surface area contributed by atoms with E-state index in [1.54, 1.807) is 23.7 Å². The predicted octanol–water partition coefficient (Wildman–Crippen LogP) is 5.33. The van der Waals surface area contributed by atoms with Crippen LogP contribution >= 0.6 is 11.8 Å². The van der Waals surface area contributed by atoms with Crippen LogP contribution in [0.4, 0.5) is 4.79 Å². The number of likely N-dealkylation sites (N-methyl/N-ethyl adjacent to an activating group) is 1. The molecular formula is C31H47N3O5S. The van der Waals surface area contributed by atoms with E-state index in [0.29, 0.717) is 19.5 Å². The SMILES string of the molecule is CC[C@H](C)[C@@H](CN(CC(=O)N[C@@H](CCSC)C(=O)OC)Cc1cccc2ccccc12)N(C)C(=O)OC(C)(C)C. The van der Waals surface area contributed by atoms with Crippen molar-refractivity contribution in [1.82, 2.24) is 15.1 Å². The molecule has 9 heteroatoms. The highest BCUT2D eigenvalue weighted by Gasteiger charge is 2.31. The van der Waals surface area contributed by atoms with E-state index in [2.05, 4.69) is 48.3 Å². The van der Waals surface area contributed by atoms with Gasteiger partial charge in [0.05, 0.1) is 13.7 Å². The lowest BCUT2D eigenvalue weighted by atomic mass is 9.97. The highest BCUT2D eigenvalue weighted by molar-refractivity contribution is 7.98. The number of fused-ring (bicyclic) bond motifs is 1. The van der Waals surface area contributed by atoms with Gasteiger partial charge in [-0.1, -0.05) is 62.7 Å². The second-order valence-electron chi connectivity index (χ2n) is 11.3. The number of ether oxygens (including phenoxy) is 2. The fraction of sp³-hybridized carbons (Fsp3) is 0.581. The fourth-order valence-corrected chi connectivity index (χ4v) is 5.09. The van der Waals surface area contributed by atoms with Gasteiger partial charge in [0.2, 0.25) is 5.91 Å². The Morgan fingerprint density at radius 3 is 2.38 bits per heavy atom. The van der Waals surface area contributed by atoms with Crippen molar-refractivity contribution < 1.29 is 23.9 Å². The average Bonchev–Trinajstić information content (AvgIpc) is 2.91. The van der Waals surface area contributed by atoms with Crippen LogP contribution in [0.2, 0.25) is 0 Å². The molecule has 40 heavy (non-hydrogen) atoms. The van der Waals surface area contributed by atoms with Crippen LogP contribution in [-0.4, -0.2) is 84.7 Å². The fourth-order valence-electron chi connectivity index (χ4n) is 4.62. The molecular weight excluding hydrogens is 526 g/mol. The molecule has 8 nitrogen and oxygen atoms in total. The summed E-state index contributed by atoms with van der Waals surface area (Å²) in [6.45, 7) is 10.8. The first-order chi connectivity index (χ1) is 18.9. The van der Waals surface area contributed by atoms with E-state index in [1.807, 2.05) is 45.2 Å². The van der Waals surface area contributed by atoms with Crippen LogP contribution in [0.25, 0.3) is 10.8 Å². The lowest BCUT2D eigenvalue weighted by Gasteiger charge is -2.37. The zero-order chi connectivity index (χ0) is 29.9. The molecule has 0 heterocycles. The number of methoxy groups -OCH3 is 1. The first-order valence-corrected chi connectivity index (χ1v) is 15.3. The Morgan fingerprint density at radius 2 is 1.75 bits per heavy atom. The normalized spacial score (nSPS) is 13.9. The first-order valence-electron chi connectivity index (χ1n) is 13.9. The van der Waals surface area contributed by atoms with Crippen LogP contribution < -0.4 is 5.32 Å². The minimum Gasteiger partial charge on any atom is -0.467 e. The van der Waals surface area contributed by atoms with Gasteiger partial charge in [-0.2, -0.15) is 11.8 Å². The molecule has 3 atom stereocenters. The molecule has 0 saturated heterocycles. The number of carbonyl (C=O) groups is 3. The molecule has 0 aliphatic rings. The Kier molecular flexibility index (Phi) is 13.3. The lowest BCUT2D eigenvalue weighted by Crippen LogP contribution is -2.52. The van der Waals surface area contributed by atoms with Gasteiger partial charge in [0.25, 0.3) is 0 Å². The Labute approximate surface area is 244 Å². The molecule has 0 aliphatic heterocycles. The van der Waals surface area contributed by atoms with Crippen LogP contribution in [0.15, 0.2) is 42.5 Å². The lowest BCUT2D eigenvalue weighted by molar-refractivity contribution is -0.145. The van der Waals surface area contributed by atoms with Gasteiger partial charge in [-0.15, -0.1) is 0 Å². The summed E-state index contributed by atoms with van der Waals surface area (Å²) in [7, 11) is 3.09. The molecule has 0 spiro atoms. The highest BCUT2D eigenvalue weighted by Crippen LogP contribution is 2.23. The molecule has 1 N–H and O–H groups in total. The minimum atomic E-state index is -0.709. The maximum Gasteiger partial charge on any atom is 0.410 e. The molecule has 2 amide bonds. The van der Waals surface area contributed by atoms with E-state index >= 15 is 0 Å². The summed E-state index contributed by atoms with van der Waals surface area (Å²) >= 11 is 1.61. The number of hydrogen-bond acceptors (Lipinski definition) is 7. The largest absolute Gasteiger partial charge is 0.467 e. The number of amides is 2. The number of rotatable bonds is 14. The zero-order valence-electron chi connectivity index (χ0n) is 25.4. The smallest absolute Gasteiger partial charge is 0.410 e. The van der Waals surface area contributed by atoms with Crippen LogP contribution in [-0.2, 0) is 25.6 Å². The van der Waals surface area contributed by atoms with Crippen molar-refractivity contribution in [3.8, 4) is 0 Å². The van der Waals surface area contributed by atoms with Crippen molar-refractivity contribution in [2.45, 2.75) is 71.7 Å².